The van der Waals surface area contributed by atoms with Crippen LogP contribution in [-0.2, 0) is 10.0 Å². The zero-order valence-electron chi connectivity index (χ0n) is 8.85. The van der Waals surface area contributed by atoms with E-state index in [9.17, 15) is 8.42 Å². The lowest BCUT2D eigenvalue weighted by Crippen LogP contribution is -2.19. The molecule has 4 nitrogen and oxygen atoms in total. The summed E-state index contributed by atoms with van der Waals surface area (Å²) >= 11 is 0. The molecule has 0 spiro atoms. The smallest absolute Gasteiger partial charge is 0.263 e. The summed E-state index contributed by atoms with van der Waals surface area (Å²) in [5, 5.41) is 0. The summed E-state index contributed by atoms with van der Waals surface area (Å²) in [5.74, 6) is 0. The number of aromatic nitrogens is 1. The summed E-state index contributed by atoms with van der Waals surface area (Å²) in [5.41, 5.74) is 1.01. The Balaban J connectivity index is 2.75. The quantitative estimate of drug-likeness (QED) is 0.672. The van der Waals surface area contributed by atoms with Gasteiger partial charge in [-0.3, -0.25) is 4.98 Å². The van der Waals surface area contributed by atoms with E-state index in [4.69, 9.17) is 0 Å². The van der Waals surface area contributed by atoms with Crippen molar-refractivity contribution in [2.24, 2.45) is 9.81 Å². The minimum atomic E-state index is -3.51. The summed E-state index contributed by atoms with van der Waals surface area (Å²) in [7, 11) is -3.51. The van der Waals surface area contributed by atoms with Gasteiger partial charge in [0.05, 0.1) is 5.71 Å². The van der Waals surface area contributed by atoms with Gasteiger partial charge in [-0.2, -0.15) is 12.8 Å². The van der Waals surface area contributed by atoms with Gasteiger partial charge in [0.25, 0.3) is 10.0 Å². The highest BCUT2D eigenvalue weighted by atomic mass is 32.2. The van der Waals surface area contributed by atoms with E-state index in [2.05, 4.69) is 9.38 Å². The molecule has 0 fully saturated rings. The Labute approximate surface area is 89.1 Å². The molecule has 2 heterocycles. The second kappa shape index (κ2) is 2.88. The van der Waals surface area contributed by atoms with E-state index in [0.717, 1.165) is 0 Å². The Morgan fingerprint density at radius 1 is 1.27 bits per heavy atom. The van der Waals surface area contributed by atoms with Gasteiger partial charge in [0, 0.05) is 23.4 Å². The fourth-order valence-electron chi connectivity index (χ4n) is 1.54. The molecular weight excluding hydrogens is 212 g/mol. The Morgan fingerprint density at radius 3 is 2.53 bits per heavy atom. The van der Waals surface area contributed by atoms with Crippen molar-refractivity contribution in [3.8, 4) is 0 Å². The van der Waals surface area contributed by atoms with E-state index in [1.165, 1.54) is 6.20 Å². The molecule has 0 saturated carbocycles. The van der Waals surface area contributed by atoms with Crippen molar-refractivity contribution in [2.75, 3.05) is 0 Å². The van der Waals surface area contributed by atoms with Crippen LogP contribution in [0.15, 0.2) is 27.8 Å². The van der Waals surface area contributed by atoms with Gasteiger partial charge in [-0.15, -0.1) is 0 Å². The third kappa shape index (κ3) is 1.56. The van der Waals surface area contributed by atoms with Crippen LogP contribution in [0.25, 0.3) is 0 Å². The maximum atomic E-state index is 11.7. The summed E-state index contributed by atoms with van der Waals surface area (Å²) in [4.78, 5) is 4.03. The summed E-state index contributed by atoms with van der Waals surface area (Å²) in [6.07, 6.45) is 2.94. The number of rotatable bonds is 0. The van der Waals surface area contributed by atoms with Crippen LogP contribution in [0.5, 0.6) is 0 Å². The lowest BCUT2D eigenvalue weighted by atomic mass is 9.86. The van der Waals surface area contributed by atoms with Gasteiger partial charge in [0.15, 0.2) is 0 Å². The molecule has 0 saturated heterocycles. The molecule has 0 aliphatic carbocycles. The average molecular weight is 224 g/mol. The molecule has 0 radical (unpaired) electrons. The van der Waals surface area contributed by atoms with Crippen LogP contribution in [0.2, 0.25) is 0 Å². The summed E-state index contributed by atoms with van der Waals surface area (Å²) in [6, 6.07) is 1.70. The largest absolute Gasteiger partial charge is 0.284 e. The molecule has 0 bridgehead atoms. The lowest BCUT2D eigenvalue weighted by molar-refractivity contribution is 0.589. The van der Waals surface area contributed by atoms with Gasteiger partial charge < -0.3 is 0 Å². The van der Waals surface area contributed by atoms with Crippen molar-refractivity contribution in [3.05, 3.63) is 24.0 Å². The van der Waals surface area contributed by atoms with Crippen molar-refractivity contribution >= 4 is 15.7 Å². The molecular formula is C10H12N2O2S. The number of pyridine rings is 1. The molecule has 15 heavy (non-hydrogen) atoms. The normalized spacial score (nSPS) is 18.5. The highest BCUT2D eigenvalue weighted by Gasteiger charge is 2.34. The Morgan fingerprint density at radius 2 is 1.93 bits per heavy atom. The maximum Gasteiger partial charge on any atom is 0.284 e. The van der Waals surface area contributed by atoms with Gasteiger partial charge in [-0.1, -0.05) is 20.8 Å². The highest BCUT2D eigenvalue weighted by Crippen LogP contribution is 2.33. The molecule has 1 aromatic heterocycles. The average Bonchev–Trinajstić information content (AvgIpc) is 2.39. The maximum absolute atomic E-state index is 11.7. The number of sulfonamides is 1. The van der Waals surface area contributed by atoms with E-state index in [-0.39, 0.29) is 10.3 Å². The second-order valence-electron chi connectivity index (χ2n) is 4.54. The Hall–Kier alpha value is -1.23. The van der Waals surface area contributed by atoms with Crippen LogP contribution in [0.1, 0.15) is 26.3 Å². The van der Waals surface area contributed by atoms with Crippen LogP contribution in [-0.4, -0.2) is 19.1 Å². The van der Waals surface area contributed by atoms with Gasteiger partial charge in [0.1, 0.15) is 4.90 Å². The molecule has 0 N–H and O–H groups in total. The van der Waals surface area contributed by atoms with Gasteiger partial charge in [-0.25, -0.2) is 0 Å². The SMILES string of the molecule is CC(C)(C)C1=NS(=O)(=O)c2cnccc21. The van der Waals surface area contributed by atoms with Crippen LogP contribution in [0.3, 0.4) is 0 Å². The highest BCUT2D eigenvalue weighted by molar-refractivity contribution is 7.90. The molecule has 0 amide bonds. The first-order valence-electron chi connectivity index (χ1n) is 4.62. The molecule has 2 rings (SSSR count). The fourth-order valence-corrected chi connectivity index (χ4v) is 2.89. The first-order chi connectivity index (χ1) is 6.82. The first-order valence-corrected chi connectivity index (χ1v) is 6.06. The summed E-state index contributed by atoms with van der Waals surface area (Å²) < 4.78 is 27.2. The van der Waals surface area contributed by atoms with Crippen molar-refractivity contribution in [3.63, 3.8) is 0 Å². The van der Waals surface area contributed by atoms with Gasteiger partial charge in [-0.05, 0) is 6.07 Å². The van der Waals surface area contributed by atoms with Crippen LogP contribution < -0.4 is 0 Å². The molecule has 0 unspecified atom stereocenters. The third-order valence-corrected chi connectivity index (χ3v) is 3.54. The molecule has 1 aliphatic heterocycles. The number of hydrogen-bond donors (Lipinski definition) is 0. The van der Waals surface area contributed by atoms with Crippen LogP contribution in [0.4, 0.5) is 0 Å². The van der Waals surface area contributed by atoms with E-state index < -0.39 is 10.0 Å². The van der Waals surface area contributed by atoms with E-state index in [1.54, 1.807) is 12.3 Å². The number of nitrogens with zero attached hydrogens (tertiary/aromatic N) is 2. The Kier molecular flexibility index (Phi) is 1.98. The number of hydrogen-bond acceptors (Lipinski definition) is 3. The van der Waals surface area contributed by atoms with Crippen molar-refractivity contribution in [1.29, 1.82) is 0 Å². The lowest BCUT2D eigenvalue weighted by Gasteiger charge is -2.17. The molecule has 5 heteroatoms. The minimum Gasteiger partial charge on any atom is -0.263 e. The predicted molar refractivity (Wildman–Crippen MR) is 57.4 cm³/mol. The molecule has 80 valence electrons. The van der Waals surface area contributed by atoms with Crippen molar-refractivity contribution in [1.82, 2.24) is 4.98 Å². The standard InChI is InChI=1S/C10H12N2O2S/c1-10(2,3)9-7-4-5-11-6-8(7)15(13,14)12-9/h4-6H,1-3H3. The topological polar surface area (TPSA) is 59.4 Å². The van der Waals surface area contributed by atoms with Gasteiger partial charge >= 0.3 is 0 Å². The van der Waals surface area contributed by atoms with E-state index in [1.807, 2.05) is 20.8 Å². The third-order valence-electron chi connectivity index (χ3n) is 2.24. The zero-order valence-corrected chi connectivity index (χ0v) is 9.67. The molecule has 1 aromatic rings. The monoisotopic (exact) mass is 224 g/mol. The molecule has 1 aliphatic rings. The molecule has 0 atom stereocenters. The van der Waals surface area contributed by atoms with Crippen molar-refractivity contribution < 1.29 is 8.42 Å². The predicted octanol–water partition coefficient (Wildman–Crippen LogP) is 1.62. The van der Waals surface area contributed by atoms with E-state index >= 15 is 0 Å². The minimum absolute atomic E-state index is 0.218. The fraction of sp³-hybridized carbons (Fsp3) is 0.400. The molecule has 0 aromatic carbocycles. The van der Waals surface area contributed by atoms with Crippen LogP contribution >= 0.6 is 0 Å². The zero-order chi connectivity index (χ0) is 11.3. The van der Waals surface area contributed by atoms with Crippen molar-refractivity contribution in [2.45, 2.75) is 25.7 Å². The number of fused-ring (bicyclic) bond motifs is 1. The van der Waals surface area contributed by atoms with Crippen LogP contribution in [0, 0.1) is 5.41 Å². The van der Waals surface area contributed by atoms with Gasteiger partial charge in [0.2, 0.25) is 0 Å². The Bertz CT molecular complexity index is 539. The second-order valence-corrected chi connectivity index (χ2v) is 6.11. The summed E-state index contributed by atoms with van der Waals surface area (Å²) in [6.45, 7) is 5.82. The van der Waals surface area contributed by atoms with E-state index in [0.29, 0.717) is 11.3 Å². The first kappa shape index (κ1) is 10.3.